The summed E-state index contributed by atoms with van der Waals surface area (Å²) in [6.45, 7) is -0.283. The Morgan fingerprint density at radius 2 is 1.96 bits per heavy atom. The topological polar surface area (TPSA) is 55.1 Å². The van der Waals surface area contributed by atoms with Gasteiger partial charge in [0.25, 0.3) is 0 Å². The third-order valence-corrected chi connectivity index (χ3v) is 5.11. The second-order valence-corrected chi connectivity index (χ2v) is 6.45. The molecule has 0 spiro atoms. The molecule has 1 aromatic rings. The summed E-state index contributed by atoms with van der Waals surface area (Å²) in [5, 5.41) is 2.55. The van der Waals surface area contributed by atoms with Crippen molar-refractivity contribution in [2.24, 2.45) is 23.5 Å². The smallest absolute Gasteiger partial charge is 0.352 e. The van der Waals surface area contributed by atoms with Crippen LogP contribution in [0.3, 0.4) is 0 Å². The van der Waals surface area contributed by atoms with Crippen LogP contribution in [0.2, 0.25) is 0 Å². The minimum Gasteiger partial charge on any atom is -0.352 e. The lowest BCUT2D eigenvalue weighted by molar-refractivity contribution is -0.138. The first-order valence-corrected chi connectivity index (χ1v) is 7.66. The van der Waals surface area contributed by atoms with Crippen LogP contribution in [0.15, 0.2) is 18.2 Å². The molecule has 0 aromatic heterocycles. The summed E-state index contributed by atoms with van der Waals surface area (Å²) in [7, 11) is 0. The number of amides is 1. The van der Waals surface area contributed by atoms with Crippen LogP contribution in [0.25, 0.3) is 0 Å². The number of hydrogen-bond donors (Lipinski definition) is 2. The van der Waals surface area contributed by atoms with Gasteiger partial charge in [-0.25, -0.2) is 4.39 Å². The Morgan fingerprint density at radius 3 is 2.57 bits per heavy atom. The maximum atomic E-state index is 13.1. The number of nitrogens with one attached hydrogen (secondary N) is 1. The second-order valence-electron chi connectivity index (χ2n) is 6.45. The van der Waals surface area contributed by atoms with Crippen LogP contribution >= 0.6 is 0 Å². The Balaban J connectivity index is 1.70. The molecule has 0 heterocycles. The van der Waals surface area contributed by atoms with Crippen molar-refractivity contribution in [2.45, 2.75) is 38.0 Å². The fraction of sp³-hybridized carbons (Fsp3) is 0.562. The van der Waals surface area contributed by atoms with Crippen molar-refractivity contribution in [3.05, 3.63) is 35.1 Å². The molecule has 0 aliphatic heterocycles. The van der Waals surface area contributed by atoms with Crippen LogP contribution in [0.5, 0.6) is 0 Å². The van der Waals surface area contributed by atoms with Crippen molar-refractivity contribution in [3.8, 4) is 0 Å². The number of hydrogen-bond acceptors (Lipinski definition) is 2. The first-order valence-electron chi connectivity index (χ1n) is 7.66. The van der Waals surface area contributed by atoms with Crippen molar-refractivity contribution in [2.75, 3.05) is 0 Å². The Kier molecular flexibility index (Phi) is 4.08. The molecule has 1 amide bonds. The summed E-state index contributed by atoms with van der Waals surface area (Å²) in [4.78, 5) is 12.3. The Bertz CT molecular complexity index is 615. The maximum Gasteiger partial charge on any atom is 0.416 e. The molecule has 0 radical (unpaired) electrons. The standard InChI is InChI=1S/C16H18F4N2O/c17-11-4-3-10(12(6-11)16(18,19)20)7-22-15(23)13-8-1-2-9(5-8)14(13)21/h3-4,6,8-9,13-14H,1-2,5,7,21H2,(H,22,23). The normalized spacial score (nSPS) is 29.8. The summed E-state index contributed by atoms with van der Waals surface area (Å²) >= 11 is 0. The number of carbonyl (C=O) groups excluding carboxylic acids is 1. The van der Waals surface area contributed by atoms with Gasteiger partial charge in [-0.05, 0) is 48.8 Å². The summed E-state index contributed by atoms with van der Waals surface area (Å²) in [6.07, 6.45) is -1.78. The van der Waals surface area contributed by atoms with E-state index < -0.39 is 17.6 Å². The molecular formula is C16H18F4N2O. The van der Waals surface area contributed by atoms with Gasteiger partial charge in [-0.1, -0.05) is 6.07 Å². The van der Waals surface area contributed by atoms with Crippen LogP contribution < -0.4 is 11.1 Å². The molecule has 4 atom stereocenters. The predicted molar refractivity (Wildman–Crippen MR) is 75.5 cm³/mol. The minimum absolute atomic E-state index is 0.149. The second kappa shape index (κ2) is 5.78. The molecular weight excluding hydrogens is 312 g/mol. The van der Waals surface area contributed by atoms with Gasteiger partial charge in [0.05, 0.1) is 11.5 Å². The summed E-state index contributed by atoms with van der Waals surface area (Å²) in [5.74, 6) is -1.02. The molecule has 2 aliphatic carbocycles. The largest absolute Gasteiger partial charge is 0.416 e. The molecule has 1 aromatic carbocycles. The molecule has 2 fully saturated rings. The van der Waals surface area contributed by atoms with Crippen molar-refractivity contribution >= 4 is 5.91 Å². The van der Waals surface area contributed by atoms with E-state index in [1.54, 1.807) is 0 Å². The molecule has 3 nitrogen and oxygen atoms in total. The lowest BCUT2D eigenvalue weighted by Crippen LogP contribution is -2.45. The monoisotopic (exact) mass is 330 g/mol. The zero-order chi connectivity index (χ0) is 16.8. The highest BCUT2D eigenvalue weighted by Crippen LogP contribution is 2.47. The molecule has 2 bridgehead atoms. The highest BCUT2D eigenvalue weighted by atomic mass is 19.4. The molecule has 126 valence electrons. The van der Waals surface area contributed by atoms with Crippen LogP contribution in [-0.2, 0) is 17.5 Å². The lowest BCUT2D eigenvalue weighted by Gasteiger charge is -2.27. The van der Waals surface area contributed by atoms with Gasteiger partial charge in [-0.2, -0.15) is 13.2 Å². The van der Waals surface area contributed by atoms with Gasteiger partial charge in [-0.15, -0.1) is 0 Å². The molecule has 2 aliphatic rings. The highest BCUT2D eigenvalue weighted by Gasteiger charge is 2.49. The predicted octanol–water partition coefficient (Wildman–Crippen LogP) is 2.83. The number of carbonyl (C=O) groups is 1. The average Bonchev–Trinajstić information content (AvgIpc) is 3.05. The third kappa shape index (κ3) is 3.06. The van der Waals surface area contributed by atoms with E-state index in [2.05, 4.69) is 5.32 Å². The number of halogens is 4. The zero-order valence-electron chi connectivity index (χ0n) is 12.4. The van der Waals surface area contributed by atoms with E-state index >= 15 is 0 Å². The van der Waals surface area contributed by atoms with Crippen molar-refractivity contribution in [1.29, 1.82) is 0 Å². The van der Waals surface area contributed by atoms with E-state index in [-0.39, 0.29) is 35.9 Å². The van der Waals surface area contributed by atoms with E-state index in [0.717, 1.165) is 31.4 Å². The van der Waals surface area contributed by atoms with Gasteiger partial charge in [0.15, 0.2) is 0 Å². The van der Waals surface area contributed by atoms with Gasteiger partial charge < -0.3 is 11.1 Å². The number of alkyl halides is 3. The molecule has 4 unspecified atom stereocenters. The van der Waals surface area contributed by atoms with Gasteiger partial charge in [0.1, 0.15) is 5.82 Å². The minimum atomic E-state index is -4.66. The first-order chi connectivity index (χ1) is 10.8. The van der Waals surface area contributed by atoms with Crippen LogP contribution in [0, 0.1) is 23.6 Å². The third-order valence-electron chi connectivity index (χ3n) is 5.11. The summed E-state index contributed by atoms with van der Waals surface area (Å²) in [6, 6.07) is 2.24. The quantitative estimate of drug-likeness (QED) is 0.838. The number of rotatable bonds is 3. The van der Waals surface area contributed by atoms with Crippen LogP contribution in [-0.4, -0.2) is 11.9 Å². The van der Waals surface area contributed by atoms with Gasteiger partial charge >= 0.3 is 6.18 Å². The summed E-state index contributed by atoms with van der Waals surface area (Å²) in [5.41, 5.74) is 4.85. The molecule has 23 heavy (non-hydrogen) atoms. The van der Waals surface area contributed by atoms with Crippen LogP contribution in [0.1, 0.15) is 30.4 Å². The molecule has 3 rings (SSSR count). The van der Waals surface area contributed by atoms with E-state index in [1.165, 1.54) is 0 Å². The van der Waals surface area contributed by atoms with Crippen LogP contribution in [0.4, 0.5) is 17.6 Å². The molecule has 3 N–H and O–H groups in total. The van der Waals surface area contributed by atoms with Gasteiger partial charge in [0.2, 0.25) is 5.91 Å². The highest BCUT2D eigenvalue weighted by molar-refractivity contribution is 5.80. The average molecular weight is 330 g/mol. The fourth-order valence-corrected chi connectivity index (χ4v) is 3.99. The summed E-state index contributed by atoms with van der Waals surface area (Å²) < 4.78 is 51.9. The van der Waals surface area contributed by atoms with Crippen molar-refractivity contribution < 1.29 is 22.4 Å². The Hall–Kier alpha value is -1.63. The van der Waals surface area contributed by atoms with Gasteiger partial charge in [-0.3, -0.25) is 4.79 Å². The number of nitrogens with two attached hydrogens (primary N) is 1. The van der Waals surface area contributed by atoms with Crippen molar-refractivity contribution in [1.82, 2.24) is 5.32 Å². The Labute approximate surface area is 131 Å². The van der Waals surface area contributed by atoms with E-state index in [1.807, 2.05) is 0 Å². The molecule has 0 saturated heterocycles. The zero-order valence-corrected chi connectivity index (χ0v) is 12.4. The fourth-order valence-electron chi connectivity index (χ4n) is 3.99. The lowest BCUT2D eigenvalue weighted by atomic mass is 9.84. The Morgan fingerprint density at radius 1 is 1.26 bits per heavy atom. The first kappa shape index (κ1) is 16.2. The van der Waals surface area contributed by atoms with E-state index in [9.17, 15) is 22.4 Å². The number of benzene rings is 1. The van der Waals surface area contributed by atoms with E-state index in [4.69, 9.17) is 5.73 Å². The number of fused-ring (bicyclic) bond motifs is 2. The van der Waals surface area contributed by atoms with Crippen molar-refractivity contribution in [3.63, 3.8) is 0 Å². The molecule has 7 heteroatoms. The van der Waals surface area contributed by atoms with Gasteiger partial charge in [0, 0.05) is 12.6 Å². The van der Waals surface area contributed by atoms with E-state index in [0.29, 0.717) is 12.0 Å². The maximum absolute atomic E-state index is 13.1. The molecule has 2 saturated carbocycles. The SMILES string of the molecule is NC1C2CCC(C2)C1C(=O)NCc1ccc(F)cc1C(F)(F)F.